The van der Waals surface area contributed by atoms with Gasteiger partial charge in [-0.2, -0.15) is 0 Å². The maximum Gasteiger partial charge on any atom is 0.122 e. The van der Waals surface area contributed by atoms with Crippen LogP contribution in [0.3, 0.4) is 0 Å². The molecule has 0 unspecified atom stereocenters. The molecule has 0 spiro atoms. The lowest BCUT2D eigenvalue weighted by Gasteiger charge is -2.35. The minimum absolute atomic E-state index is 0.303. The summed E-state index contributed by atoms with van der Waals surface area (Å²) < 4.78 is 12.1. The zero-order valence-corrected chi connectivity index (χ0v) is 22.1. The summed E-state index contributed by atoms with van der Waals surface area (Å²) in [6.45, 7) is 8.33. The fourth-order valence-electron chi connectivity index (χ4n) is 5.72. The number of nitrogens with zero attached hydrogens (tertiary/aromatic N) is 2. The van der Waals surface area contributed by atoms with Gasteiger partial charge in [-0.3, -0.25) is 4.90 Å². The van der Waals surface area contributed by atoms with Crippen LogP contribution in [0.5, 0.6) is 5.75 Å². The zero-order chi connectivity index (χ0) is 25.1. The second kappa shape index (κ2) is 13.8. The van der Waals surface area contributed by atoms with Crippen molar-refractivity contribution in [3.8, 4) is 5.75 Å². The number of rotatable bonds is 11. The highest BCUT2D eigenvalue weighted by atomic mass is 16.5. The number of likely N-dealkylation sites (tertiary alicyclic amines) is 1. The van der Waals surface area contributed by atoms with E-state index in [0.29, 0.717) is 12.0 Å². The Bertz CT molecular complexity index is 1000. The molecule has 0 amide bonds. The lowest BCUT2D eigenvalue weighted by atomic mass is 9.90. The number of hydrogen-bond donors (Lipinski definition) is 0. The predicted octanol–water partition coefficient (Wildman–Crippen LogP) is 6.02. The standard InChI is InChI=1S/C33H42N2O2/c1-3-11-28(12-4-1)32(29-13-5-2-6-14-29)27-35-21-18-31(19-22-35)37-33-17-8-7-15-30(33)16-9-10-20-34-23-25-36-26-24-34/h1-8,11-15,17,31-32H,9-10,16,18-27H2. The minimum atomic E-state index is 0.303. The molecule has 5 rings (SSSR count). The van der Waals surface area contributed by atoms with Gasteiger partial charge < -0.3 is 14.4 Å². The van der Waals surface area contributed by atoms with Gasteiger partial charge in [0.2, 0.25) is 0 Å². The van der Waals surface area contributed by atoms with E-state index in [4.69, 9.17) is 9.47 Å². The molecule has 4 nitrogen and oxygen atoms in total. The van der Waals surface area contributed by atoms with Crippen molar-refractivity contribution in [2.45, 2.75) is 44.1 Å². The molecule has 3 aromatic rings. The van der Waals surface area contributed by atoms with E-state index < -0.39 is 0 Å². The first-order chi connectivity index (χ1) is 18.3. The Labute approximate surface area is 223 Å². The molecule has 0 radical (unpaired) electrons. The van der Waals surface area contributed by atoms with Crippen molar-refractivity contribution in [1.82, 2.24) is 9.80 Å². The highest BCUT2D eigenvalue weighted by Gasteiger charge is 2.25. The summed E-state index contributed by atoms with van der Waals surface area (Å²) in [6.07, 6.45) is 6.00. The Morgan fingerprint density at radius 2 is 1.32 bits per heavy atom. The van der Waals surface area contributed by atoms with Crippen molar-refractivity contribution in [2.75, 3.05) is 52.5 Å². The number of ether oxygens (including phenoxy) is 2. The Kier molecular flexibility index (Phi) is 9.66. The molecule has 0 atom stereocenters. The number of morpholine rings is 1. The summed E-state index contributed by atoms with van der Waals surface area (Å²) in [7, 11) is 0. The van der Waals surface area contributed by atoms with E-state index in [0.717, 1.165) is 70.9 Å². The second-order valence-corrected chi connectivity index (χ2v) is 10.5. The van der Waals surface area contributed by atoms with Gasteiger partial charge in [0.1, 0.15) is 11.9 Å². The molecule has 0 saturated carbocycles. The highest BCUT2D eigenvalue weighted by molar-refractivity contribution is 5.34. The van der Waals surface area contributed by atoms with Gasteiger partial charge in [0.25, 0.3) is 0 Å². The first kappa shape index (κ1) is 26.0. The summed E-state index contributed by atoms with van der Waals surface area (Å²) >= 11 is 0. The fraction of sp³-hybridized carbons (Fsp3) is 0.455. The molecule has 2 aliphatic rings. The molecular weight excluding hydrogens is 456 g/mol. The van der Waals surface area contributed by atoms with Crippen molar-refractivity contribution in [1.29, 1.82) is 0 Å². The van der Waals surface area contributed by atoms with Crippen LogP contribution in [0, 0.1) is 0 Å². The van der Waals surface area contributed by atoms with Crippen LogP contribution < -0.4 is 4.74 Å². The number of benzene rings is 3. The van der Waals surface area contributed by atoms with Gasteiger partial charge in [0.05, 0.1) is 13.2 Å². The molecule has 4 heteroatoms. The molecular formula is C33H42N2O2. The van der Waals surface area contributed by atoms with Gasteiger partial charge in [-0.15, -0.1) is 0 Å². The van der Waals surface area contributed by atoms with Gasteiger partial charge in [0, 0.05) is 38.6 Å². The van der Waals surface area contributed by atoms with Crippen molar-refractivity contribution in [2.24, 2.45) is 0 Å². The van der Waals surface area contributed by atoms with Crippen molar-refractivity contribution in [3.05, 3.63) is 102 Å². The third kappa shape index (κ3) is 7.67. The van der Waals surface area contributed by atoms with Gasteiger partial charge in [-0.1, -0.05) is 78.9 Å². The number of aryl methyl sites for hydroxylation is 1. The monoisotopic (exact) mass is 498 g/mol. The van der Waals surface area contributed by atoms with Crippen LogP contribution in [-0.4, -0.2) is 68.4 Å². The molecule has 0 aromatic heterocycles. The largest absolute Gasteiger partial charge is 0.490 e. The van der Waals surface area contributed by atoms with Crippen LogP contribution >= 0.6 is 0 Å². The maximum absolute atomic E-state index is 6.60. The van der Waals surface area contributed by atoms with Crippen molar-refractivity contribution in [3.63, 3.8) is 0 Å². The summed E-state index contributed by atoms with van der Waals surface area (Å²) in [5, 5.41) is 0. The molecule has 0 aliphatic carbocycles. The number of hydrogen-bond acceptors (Lipinski definition) is 4. The molecule has 3 aromatic carbocycles. The third-order valence-electron chi connectivity index (χ3n) is 7.92. The molecule has 2 fully saturated rings. The van der Waals surface area contributed by atoms with E-state index in [-0.39, 0.29) is 0 Å². The Morgan fingerprint density at radius 1 is 0.703 bits per heavy atom. The van der Waals surface area contributed by atoms with Crippen molar-refractivity contribution < 1.29 is 9.47 Å². The van der Waals surface area contributed by atoms with Gasteiger partial charge in [-0.05, 0) is 61.4 Å². The SMILES string of the molecule is c1ccc(C(CN2CCC(Oc3ccccc3CCCCN3CCOCC3)CC2)c2ccccc2)cc1. The van der Waals surface area contributed by atoms with Crippen LogP contribution in [0.15, 0.2) is 84.9 Å². The first-order valence-electron chi connectivity index (χ1n) is 14.2. The quantitative estimate of drug-likeness (QED) is 0.302. The summed E-state index contributed by atoms with van der Waals surface area (Å²) in [5.74, 6) is 1.50. The van der Waals surface area contributed by atoms with Gasteiger partial charge in [-0.25, -0.2) is 0 Å². The normalized spacial score (nSPS) is 17.8. The molecule has 37 heavy (non-hydrogen) atoms. The molecule has 2 saturated heterocycles. The van der Waals surface area contributed by atoms with Crippen LogP contribution in [0.2, 0.25) is 0 Å². The lowest BCUT2D eigenvalue weighted by molar-refractivity contribution is 0.0372. The Hall–Kier alpha value is -2.66. The molecule has 196 valence electrons. The van der Waals surface area contributed by atoms with Crippen LogP contribution in [0.1, 0.15) is 48.3 Å². The van der Waals surface area contributed by atoms with E-state index in [1.165, 1.54) is 36.1 Å². The van der Waals surface area contributed by atoms with E-state index in [1.807, 2.05) is 0 Å². The summed E-state index contributed by atoms with van der Waals surface area (Å²) in [4.78, 5) is 5.15. The minimum Gasteiger partial charge on any atom is -0.490 e. The lowest BCUT2D eigenvalue weighted by Crippen LogP contribution is -2.40. The second-order valence-electron chi connectivity index (χ2n) is 10.5. The van der Waals surface area contributed by atoms with Crippen LogP contribution in [-0.2, 0) is 11.2 Å². The topological polar surface area (TPSA) is 24.9 Å². The average molecular weight is 499 g/mol. The number of piperidine rings is 1. The fourth-order valence-corrected chi connectivity index (χ4v) is 5.72. The third-order valence-corrected chi connectivity index (χ3v) is 7.92. The molecule has 2 aliphatic heterocycles. The van der Waals surface area contributed by atoms with E-state index in [9.17, 15) is 0 Å². The average Bonchev–Trinajstić information content (AvgIpc) is 2.97. The number of unbranched alkanes of at least 4 members (excludes halogenated alkanes) is 1. The van der Waals surface area contributed by atoms with Crippen LogP contribution in [0.4, 0.5) is 0 Å². The maximum atomic E-state index is 6.60. The highest BCUT2D eigenvalue weighted by Crippen LogP contribution is 2.29. The van der Waals surface area contributed by atoms with E-state index in [2.05, 4.69) is 94.7 Å². The Morgan fingerprint density at radius 3 is 2.00 bits per heavy atom. The summed E-state index contributed by atoms with van der Waals surface area (Å²) in [5.41, 5.74) is 4.16. The van der Waals surface area contributed by atoms with Gasteiger partial charge in [0.15, 0.2) is 0 Å². The first-order valence-corrected chi connectivity index (χ1v) is 14.2. The van der Waals surface area contributed by atoms with Crippen LogP contribution in [0.25, 0.3) is 0 Å². The molecule has 2 heterocycles. The smallest absolute Gasteiger partial charge is 0.122 e. The predicted molar refractivity (Wildman–Crippen MR) is 151 cm³/mol. The Balaban J connectivity index is 1.11. The summed E-state index contributed by atoms with van der Waals surface area (Å²) in [6, 6.07) is 30.6. The number of para-hydroxylation sites is 1. The van der Waals surface area contributed by atoms with Gasteiger partial charge >= 0.3 is 0 Å². The van der Waals surface area contributed by atoms with E-state index in [1.54, 1.807) is 0 Å². The molecule has 0 N–H and O–H groups in total. The molecule has 0 bridgehead atoms. The zero-order valence-electron chi connectivity index (χ0n) is 22.1. The van der Waals surface area contributed by atoms with E-state index >= 15 is 0 Å². The van der Waals surface area contributed by atoms with Crippen molar-refractivity contribution >= 4 is 0 Å².